The van der Waals surface area contributed by atoms with Crippen molar-refractivity contribution in [1.29, 1.82) is 15.9 Å². The Morgan fingerprint density at radius 3 is 2.45 bits per heavy atom. The molecule has 9 heteroatoms. The molecule has 0 aliphatic heterocycles. The van der Waals surface area contributed by atoms with E-state index in [4.69, 9.17) is 5.41 Å². The van der Waals surface area contributed by atoms with Crippen molar-refractivity contribution >= 4 is 28.5 Å². The summed E-state index contributed by atoms with van der Waals surface area (Å²) >= 11 is 0.958. The van der Waals surface area contributed by atoms with Gasteiger partial charge in [-0.25, -0.2) is 5.43 Å². The highest BCUT2D eigenvalue weighted by molar-refractivity contribution is 7.07. The molecule has 2 aromatic heterocycles. The second kappa shape index (κ2) is 8.65. The number of thiazole rings is 1. The first-order chi connectivity index (χ1) is 14.1. The summed E-state index contributed by atoms with van der Waals surface area (Å²) < 4.78 is 1.85. The van der Waals surface area contributed by atoms with E-state index in [-0.39, 0.29) is 26.1 Å². The van der Waals surface area contributed by atoms with Gasteiger partial charge in [0, 0.05) is 23.6 Å². The van der Waals surface area contributed by atoms with Gasteiger partial charge < -0.3 is 5.11 Å². The zero-order valence-electron chi connectivity index (χ0n) is 15.3. The fraction of sp³-hybridized carbons (Fsp3) is 0.0500. The summed E-state index contributed by atoms with van der Waals surface area (Å²) in [4.78, 5) is 3.95. The zero-order chi connectivity index (χ0) is 20.8. The molecule has 3 N–H and O–H groups in total. The molecule has 3 rings (SSSR count). The summed E-state index contributed by atoms with van der Waals surface area (Å²) in [6, 6.07) is 16.1. The average molecular weight is 401 g/mol. The molecular formula is C20H15N7OS. The van der Waals surface area contributed by atoms with Gasteiger partial charge in [-0.1, -0.05) is 18.2 Å². The van der Waals surface area contributed by atoms with Crippen LogP contribution >= 0.6 is 11.3 Å². The highest BCUT2D eigenvalue weighted by Crippen LogP contribution is 2.03. The molecule has 0 saturated heterocycles. The number of aliphatic hydroxyl groups excluding tert-OH is 1. The predicted octanol–water partition coefficient (Wildman–Crippen LogP) is 1.25. The minimum absolute atomic E-state index is 0.0686. The van der Waals surface area contributed by atoms with E-state index in [9.17, 15) is 15.6 Å². The molecule has 0 radical (unpaired) electrons. The van der Waals surface area contributed by atoms with Crippen molar-refractivity contribution in [2.45, 2.75) is 6.92 Å². The molecule has 0 spiro atoms. The van der Waals surface area contributed by atoms with Crippen molar-refractivity contribution in [3.8, 4) is 17.8 Å². The van der Waals surface area contributed by atoms with Gasteiger partial charge in [0.15, 0.2) is 11.1 Å². The van der Waals surface area contributed by atoms with Crippen LogP contribution in [0.1, 0.15) is 12.5 Å². The Balaban J connectivity index is 2.19. The third kappa shape index (κ3) is 4.05. The van der Waals surface area contributed by atoms with Crippen LogP contribution in [0, 0.1) is 28.1 Å². The maximum atomic E-state index is 10.5. The number of benzene rings is 1. The molecule has 0 unspecified atom stereocenters. The van der Waals surface area contributed by atoms with Crippen LogP contribution < -0.4 is 20.1 Å². The van der Waals surface area contributed by atoms with E-state index in [0.717, 1.165) is 16.9 Å². The number of pyridine rings is 1. The number of aromatic nitrogens is 2. The van der Waals surface area contributed by atoms with E-state index in [1.54, 1.807) is 55.7 Å². The lowest BCUT2D eigenvalue weighted by molar-refractivity contribution is 0.462. The Labute approximate surface area is 169 Å². The van der Waals surface area contributed by atoms with Gasteiger partial charge in [0.2, 0.25) is 5.88 Å². The molecule has 8 nitrogen and oxygen atoms in total. The second-order valence-corrected chi connectivity index (χ2v) is 6.75. The Bertz CT molecular complexity index is 1310. The zero-order valence-corrected chi connectivity index (χ0v) is 16.1. The smallest absolute Gasteiger partial charge is 0.226 e. The van der Waals surface area contributed by atoms with Gasteiger partial charge in [0.05, 0.1) is 5.71 Å². The van der Waals surface area contributed by atoms with Crippen LogP contribution in [0.25, 0.3) is 17.1 Å². The van der Waals surface area contributed by atoms with Gasteiger partial charge in [0.1, 0.15) is 21.3 Å². The number of hydrogen-bond acceptors (Lipinski definition) is 8. The lowest BCUT2D eigenvalue weighted by atomic mass is 10.2. The normalized spacial score (nSPS) is 11.9. The van der Waals surface area contributed by atoms with Crippen molar-refractivity contribution in [2.75, 3.05) is 0 Å². The van der Waals surface area contributed by atoms with Crippen molar-refractivity contribution in [3.05, 3.63) is 75.1 Å². The quantitative estimate of drug-likeness (QED) is 0.447. The van der Waals surface area contributed by atoms with E-state index < -0.39 is 0 Å². The topological polar surface area (TPSA) is 134 Å². The fourth-order valence-corrected chi connectivity index (χ4v) is 3.51. The highest BCUT2D eigenvalue weighted by Gasteiger charge is 2.11. The number of nitrogens with zero attached hydrogens (tertiary/aromatic N) is 5. The SMILES string of the molecule is C/C(=N\N/C(O)=c1/sc(=C(C#N)C#N)n(-c2ccccc2)c1=N)c1ccncc1. The number of para-hydroxylation sites is 1. The van der Waals surface area contributed by atoms with Gasteiger partial charge in [-0.15, -0.1) is 11.3 Å². The number of aliphatic hydroxyl groups is 1. The minimum Gasteiger partial charge on any atom is -0.493 e. The fourth-order valence-electron chi connectivity index (χ4n) is 2.51. The van der Waals surface area contributed by atoms with E-state index in [1.807, 2.05) is 18.2 Å². The summed E-state index contributed by atoms with van der Waals surface area (Å²) in [5, 5.41) is 41.7. The standard InChI is InChI=1S/C20H15N7OS/c1-13(14-7-9-24-10-8-14)25-26-19(28)17-18(23)27(16-5-3-2-4-6-16)20(29-17)15(11-21)12-22/h2-10,23,26,28H,1H3/b19-17-,23-18?,25-13+. The van der Waals surface area contributed by atoms with Crippen LogP contribution in [0.5, 0.6) is 0 Å². The second-order valence-electron chi connectivity index (χ2n) is 5.75. The van der Waals surface area contributed by atoms with Crippen LogP contribution in [0.4, 0.5) is 0 Å². The van der Waals surface area contributed by atoms with Crippen molar-refractivity contribution in [3.63, 3.8) is 0 Å². The first-order valence-electron chi connectivity index (χ1n) is 8.37. The molecule has 3 aromatic rings. The number of hydrogen-bond donors (Lipinski definition) is 3. The Hall–Kier alpha value is -4.21. The molecule has 2 heterocycles. The Morgan fingerprint density at radius 2 is 1.83 bits per heavy atom. The van der Waals surface area contributed by atoms with Gasteiger partial charge in [-0.05, 0) is 31.2 Å². The number of rotatable bonds is 4. The largest absolute Gasteiger partial charge is 0.493 e. The maximum absolute atomic E-state index is 10.5. The third-order valence-corrected chi connectivity index (χ3v) is 5.11. The first-order valence-corrected chi connectivity index (χ1v) is 9.18. The summed E-state index contributed by atoms with van der Waals surface area (Å²) in [6.45, 7) is 1.76. The molecule has 0 atom stereocenters. The van der Waals surface area contributed by atoms with Crippen LogP contribution in [0.15, 0.2) is 60.0 Å². The highest BCUT2D eigenvalue weighted by atomic mass is 32.1. The van der Waals surface area contributed by atoms with Crippen molar-refractivity contribution in [1.82, 2.24) is 15.0 Å². The van der Waals surface area contributed by atoms with Crippen LogP contribution in [0.2, 0.25) is 0 Å². The first kappa shape index (κ1) is 19.5. The Kier molecular flexibility index (Phi) is 5.83. The van der Waals surface area contributed by atoms with Crippen LogP contribution in [-0.2, 0) is 0 Å². The van der Waals surface area contributed by atoms with E-state index in [1.165, 1.54) is 4.57 Å². The van der Waals surface area contributed by atoms with Crippen LogP contribution in [0.3, 0.4) is 0 Å². The third-order valence-electron chi connectivity index (χ3n) is 3.94. The van der Waals surface area contributed by atoms with E-state index >= 15 is 0 Å². The monoisotopic (exact) mass is 401 g/mol. The van der Waals surface area contributed by atoms with Gasteiger partial charge in [-0.3, -0.25) is 15.0 Å². The summed E-state index contributed by atoms with van der Waals surface area (Å²) in [5.41, 5.74) is 4.36. The predicted molar refractivity (Wildman–Crippen MR) is 109 cm³/mol. The lowest BCUT2D eigenvalue weighted by Crippen LogP contribution is -2.33. The van der Waals surface area contributed by atoms with Crippen molar-refractivity contribution < 1.29 is 5.11 Å². The molecule has 0 aliphatic carbocycles. The van der Waals surface area contributed by atoms with Gasteiger partial charge >= 0.3 is 0 Å². The average Bonchev–Trinajstić information content (AvgIpc) is 3.11. The summed E-state index contributed by atoms with van der Waals surface area (Å²) in [5.74, 6) is -0.348. The van der Waals surface area contributed by atoms with E-state index in [0.29, 0.717) is 11.4 Å². The van der Waals surface area contributed by atoms with Gasteiger partial charge in [0.25, 0.3) is 0 Å². The number of nitrogens with one attached hydrogen (secondary N) is 2. The molecule has 29 heavy (non-hydrogen) atoms. The number of nitriles is 2. The summed E-state index contributed by atoms with van der Waals surface area (Å²) in [7, 11) is 0. The molecule has 0 saturated carbocycles. The van der Waals surface area contributed by atoms with Gasteiger partial charge in [-0.2, -0.15) is 15.6 Å². The Morgan fingerprint density at radius 1 is 1.17 bits per heavy atom. The molecule has 0 bridgehead atoms. The maximum Gasteiger partial charge on any atom is 0.226 e. The molecular weight excluding hydrogens is 386 g/mol. The minimum atomic E-state index is -0.348. The molecule has 0 aliphatic rings. The summed E-state index contributed by atoms with van der Waals surface area (Å²) in [6.07, 6.45) is 3.27. The molecule has 142 valence electrons. The molecule has 1 aromatic carbocycles. The molecule has 0 amide bonds. The van der Waals surface area contributed by atoms with Crippen LogP contribution in [-0.4, -0.2) is 20.4 Å². The van der Waals surface area contributed by atoms with Crippen molar-refractivity contribution in [2.24, 2.45) is 5.10 Å². The molecule has 0 fully saturated rings. The number of hydrazone groups is 1. The van der Waals surface area contributed by atoms with E-state index in [2.05, 4.69) is 15.5 Å². The lowest BCUT2D eigenvalue weighted by Gasteiger charge is -2.03.